The Morgan fingerprint density at radius 3 is 1.31 bits per heavy atom. The van der Waals surface area contributed by atoms with Gasteiger partial charge in [0, 0.05) is 11.1 Å². The highest BCUT2D eigenvalue weighted by Crippen LogP contribution is 2.52. The molecule has 0 fully saturated rings. The van der Waals surface area contributed by atoms with Gasteiger partial charge in [-0.3, -0.25) is 0 Å². The minimum atomic E-state index is -0.197. The van der Waals surface area contributed by atoms with Gasteiger partial charge >= 0.3 is 0 Å². The molecular weight excluding hydrogens is 594 g/mol. The van der Waals surface area contributed by atoms with Gasteiger partial charge in [-0.25, -0.2) is 0 Å². The molecule has 45 heavy (non-hydrogen) atoms. The Balaban J connectivity index is 1.91. The highest BCUT2D eigenvalue weighted by Gasteiger charge is 2.28. The van der Waals surface area contributed by atoms with Crippen molar-refractivity contribution in [3.63, 3.8) is 0 Å². The summed E-state index contributed by atoms with van der Waals surface area (Å²) in [7, 11) is -0.393. The average Bonchev–Trinajstić information content (AvgIpc) is 2.99. The number of hydrogen-bond donors (Lipinski definition) is 0. The molecule has 240 valence electrons. The molecule has 2 unspecified atom stereocenters. The first-order valence-corrected chi connectivity index (χ1v) is 17.7. The van der Waals surface area contributed by atoms with Crippen LogP contribution in [0, 0.1) is 27.7 Å². The molecule has 0 spiro atoms. The topological polar surface area (TPSA) is 36.9 Å². The maximum absolute atomic E-state index is 6.72. The van der Waals surface area contributed by atoms with Crippen molar-refractivity contribution in [2.45, 2.75) is 100 Å². The molecule has 0 aliphatic carbocycles. The molecule has 0 amide bonds. The standard InChI is InChI=1S/C39H50O4P2/c1-12-30-21-34(24(4)5)38(42-44-40-31-17-13-26(8)14-18-31)36(28(30)10)37-29(11)33(23(2)3)22-35(25(6)7)39(37)43-45-41-32-19-15-27(9)16-20-32/h13-25,44-45H,12H2,1-11H3. The van der Waals surface area contributed by atoms with Crippen molar-refractivity contribution in [1.29, 1.82) is 0 Å². The van der Waals surface area contributed by atoms with E-state index in [0.717, 1.165) is 40.5 Å². The second-order valence-corrected chi connectivity index (χ2v) is 14.0. The zero-order valence-electron chi connectivity index (χ0n) is 28.8. The molecule has 0 N–H and O–H groups in total. The highest BCUT2D eigenvalue weighted by atomic mass is 31.1. The molecule has 0 bridgehead atoms. The first kappa shape index (κ1) is 34.8. The van der Waals surface area contributed by atoms with Gasteiger partial charge in [-0.05, 0) is 110 Å². The smallest absolute Gasteiger partial charge is 0.275 e. The lowest BCUT2D eigenvalue weighted by molar-refractivity contribution is 0.505. The fourth-order valence-electron chi connectivity index (χ4n) is 5.72. The summed E-state index contributed by atoms with van der Waals surface area (Å²) in [6.45, 7) is 24.3. The van der Waals surface area contributed by atoms with Crippen LogP contribution >= 0.6 is 18.1 Å². The molecule has 4 aromatic carbocycles. The van der Waals surface area contributed by atoms with E-state index in [1.54, 1.807) is 0 Å². The minimum absolute atomic E-state index is 0.196. The quantitative estimate of drug-likeness (QED) is 0.136. The molecule has 0 aromatic heterocycles. The fourth-order valence-corrected chi connectivity index (χ4v) is 6.87. The number of aryl methyl sites for hydroxylation is 3. The third kappa shape index (κ3) is 8.21. The summed E-state index contributed by atoms with van der Waals surface area (Å²) in [5, 5.41) is 0. The third-order valence-electron chi connectivity index (χ3n) is 8.43. The molecular formula is C39H50O4P2. The van der Waals surface area contributed by atoms with Crippen LogP contribution in [0.2, 0.25) is 0 Å². The van der Waals surface area contributed by atoms with E-state index >= 15 is 0 Å². The lowest BCUT2D eigenvalue weighted by Gasteiger charge is -2.28. The van der Waals surface area contributed by atoms with E-state index in [4.69, 9.17) is 18.1 Å². The van der Waals surface area contributed by atoms with Crippen LogP contribution in [0.4, 0.5) is 0 Å². The zero-order chi connectivity index (χ0) is 32.8. The maximum atomic E-state index is 6.72. The van der Waals surface area contributed by atoms with Crippen molar-refractivity contribution in [1.82, 2.24) is 0 Å². The minimum Gasteiger partial charge on any atom is -0.441 e. The Labute approximate surface area is 275 Å². The molecule has 6 heteroatoms. The van der Waals surface area contributed by atoms with Gasteiger partial charge in [-0.1, -0.05) is 96.0 Å². The van der Waals surface area contributed by atoms with E-state index < -0.39 is 0 Å². The average molecular weight is 645 g/mol. The fraction of sp³-hybridized carbons (Fsp3) is 0.385. The van der Waals surface area contributed by atoms with E-state index in [-0.39, 0.29) is 29.9 Å². The lowest BCUT2D eigenvalue weighted by Crippen LogP contribution is -2.07. The molecule has 0 radical (unpaired) electrons. The summed E-state index contributed by atoms with van der Waals surface area (Å²) in [5.41, 5.74) is 12.0. The van der Waals surface area contributed by atoms with Crippen molar-refractivity contribution >= 4 is 18.1 Å². The van der Waals surface area contributed by atoms with Crippen molar-refractivity contribution < 1.29 is 18.1 Å². The zero-order valence-corrected chi connectivity index (χ0v) is 30.8. The van der Waals surface area contributed by atoms with E-state index in [0.29, 0.717) is 5.92 Å². The van der Waals surface area contributed by atoms with Gasteiger partial charge in [-0.2, -0.15) is 0 Å². The Hall–Kier alpha value is -3.06. The normalized spacial score (nSPS) is 12.0. The molecule has 4 nitrogen and oxygen atoms in total. The molecule has 4 rings (SSSR count). The van der Waals surface area contributed by atoms with Gasteiger partial charge in [0.25, 0.3) is 18.1 Å². The summed E-state index contributed by atoms with van der Waals surface area (Å²) in [4.78, 5) is 0. The lowest BCUT2D eigenvalue weighted by atomic mass is 9.81. The van der Waals surface area contributed by atoms with Crippen LogP contribution in [0.3, 0.4) is 0 Å². The Kier molecular flexibility index (Phi) is 12.0. The Bertz CT molecular complexity index is 1590. The van der Waals surface area contributed by atoms with E-state index in [9.17, 15) is 0 Å². The first-order chi connectivity index (χ1) is 21.4. The largest absolute Gasteiger partial charge is 0.441 e. The Morgan fingerprint density at radius 2 is 0.911 bits per heavy atom. The monoisotopic (exact) mass is 644 g/mol. The van der Waals surface area contributed by atoms with Crippen molar-refractivity contribution in [2.24, 2.45) is 0 Å². The van der Waals surface area contributed by atoms with Crippen molar-refractivity contribution in [2.75, 3.05) is 0 Å². The van der Waals surface area contributed by atoms with E-state index in [2.05, 4.69) is 113 Å². The van der Waals surface area contributed by atoms with Crippen molar-refractivity contribution in [3.8, 4) is 34.1 Å². The van der Waals surface area contributed by atoms with E-state index in [1.165, 1.54) is 44.5 Å². The SMILES string of the molecule is CCc1cc(C(C)C)c(OPOc2ccc(C)cc2)c(-c2c(C)c(C(C)C)cc(C(C)C)c2OPOc2ccc(C)cc2)c1C. The summed E-state index contributed by atoms with van der Waals surface area (Å²) in [6, 6.07) is 20.9. The summed E-state index contributed by atoms with van der Waals surface area (Å²) in [6.07, 6.45) is 0.926. The van der Waals surface area contributed by atoms with Gasteiger partial charge in [0.2, 0.25) is 0 Å². The molecule has 0 aliphatic heterocycles. The molecule has 4 aromatic rings. The third-order valence-corrected chi connectivity index (χ3v) is 9.64. The predicted octanol–water partition coefficient (Wildman–Crippen LogP) is 12.5. The highest BCUT2D eigenvalue weighted by molar-refractivity contribution is 7.27. The van der Waals surface area contributed by atoms with Crippen LogP contribution in [0.1, 0.15) is 111 Å². The second-order valence-electron chi connectivity index (χ2n) is 12.9. The number of rotatable bonds is 13. The predicted molar refractivity (Wildman–Crippen MR) is 194 cm³/mol. The summed E-state index contributed by atoms with van der Waals surface area (Å²) >= 11 is 0. The van der Waals surface area contributed by atoms with E-state index in [1.807, 2.05) is 24.3 Å². The first-order valence-electron chi connectivity index (χ1n) is 16.1. The van der Waals surface area contributed by atoms with Crippen LogP contribution < -0.4 is 18.1 Å². The maximum Gasteiger partial charge on any atom is 0.275 e. The van der Waals surface area contributed by atoms with Crippen LogP contribution in [0.25, 0.3) is 11.1 Å². The molecule has 0 heterocycles. The van der Waals surface area contributed by atoms with Gasteiger partial charge in [0.05, 0.1) is 0 Å². The van der Waals surface area contributed by atoms with Crippen LogP contribution in [-0.4, -0.2) is 0 Å². The summed E-state index contributed by atoms with van der Waals surface area (Å²) < 4.78 is 25.7. The molecule has 2 atom stereocenters. The molecule has 0 aliphatic rings. The Morgan fingerprint density at radius 1 is 0.511 bits per heavy atom. The van der Waals surface area contributed by atoms with Gasteiger partial charge in [0.15, 0.2) is 0 Å². The van der Waals surface area contributed by atoms with Crippen LogP contribution in [0.15, 0.2) is 60.7 Å². The van der Waals surface area contributed by atoms with Crippen molar-refractivity contribution in [3.05, 3.63) is 105 Å². The van der Waals surface area contributed by atoms with Crippen LogP contribution in [-0.2, 0) is 6.42 Å². The van der Waals surface area contributed by atoms with Gasteiger partial charge in [0.1, 0.15) is 23.0 Å². The van der Waals surface area contributed by atoms with Gasteiger partial charge < -0.3 is 18.1 Å². The number of hydrogen-bond acceptors (Lipinski definition) is 4. The molecule has 0 saturated heterocycles. The van der Waals surface area contributed by atoms with Crippen LogP contribution in [0.5, 0.6) is 23.0 Å². The van der Waals surface area contributed by atoms with Gasteiger partial charge in [-0.15, -0.1) is 0 Å². The number of benzene rings is 4. The molecule has 0 saturated carbocycles. The second kappa shape index (κ2) is 15.5. The summed E-state index contributed by atoms with van der Waals surface area (Å²) in [5.74, 6) is 4.18.